The number of aliphatic hydroxyl groups is 1. The van der Waals surface area contributed by atoms with Crippen molar-refractivity contribution in [2.24, 2.45) is 0 Å². The number of hydrogen-bond acceptors (Lipinski definition) is 3. The predicted octanol–water partition coefficient (Wildman–Crippen LogP) is 2.01. The Bertz CT molecular complexity index is 487. The van der Waals surface area contributed by atoms with Crippen LogP contribution in [-0.4, -0.2) is 44.4 Å². The van der Waals surface area contributed by atoms with Gasteiger partial charge >= 0.3 is 0 Å². The van der Waals surface area contributed by atoms with Crippen molar-refractivity contribution in [2.75, 3.05) is 13.1 Å². The van der Waals surface area contributed by atoms with Crippen molar-refractivity contribution in [3.8, 4) is 0 Å². The van der Waals surface area contributed by atoms with Gasteiger partial charge in [-0.25, -0.2) is 0 Å². The maximum atomic E-state index is 12.5. The van der Waals surface area contributed by atoms with Crippen LogP contribution in [0.5, 0.6) is 0 Å². The monoisotopic (exact) mass is 279 g/mol. The molecule has 20 heavy (non-hydrogen) atoms. The molecule has 0 aromatic carbocycles. The largest absolute Gasteiger partial charge is 0.386 e. The Morgan fingerprint density at radius 1 is 1.45 bits per heavy atom. The summed E-state index contributed by atoms with van der Waals surface area (Å²) < 4.78 is 1.76. The van der Waals surface area contributed by atoms with E-state index < -0.39 is 5.60 Å². The van der Waals surface area contributed by atoms with E-state index in [1.807, 2.05) is 19.9 Å². The van der Waals surface area contributed by atoms with E-state index in [4.69, 9.17) is 0 Å². The highest BCUT2D eigenvalue weighted by Crippen LogP contribution is 2.27. The first-order valence-corrected chi connectivity index (χ1v) is 7.49. The quantitative estimate of drug-likeness (QED) is 0.897. The Kier molecular flexibility index (Phi) is 4.18. The van der Waals surface area contributed by atoms with E-state index in [1.165, 1.54) is 0 Å². The van der Waals surface area contributed by atoms with E-state index in [1.54, 1.807) is 9.58 Å². The molecule has 0 spiro atoms. The Morgan fingerprint density at radius 2 is 2.10 bits per heavy atom. The van der Waals surface area contributed by atoms with Gasteiger partial charge in [0.15, 0.2) is 0 Å². The van der Waals surface area contributed by atoms with Gasteiger partial charge in [0, 0.05) is 6.54 Å². The fourth-order valence-electron chi connectivity index (χ4n) is 2.73. The summed E-state index contributed by atoms with van der Waals surface area (Å²) in [5, 5.41) is 14.6. The van der Waals surface area contributed by atoms with Crippen molar-refractivity contribution in [1.82, 2.24) is 14.7 Å². The van der Waals surface area contributed by atoms with E-state index in [-0.39, 0.29) is 5.91 Å². The molecular weight excluding hydrogens is 254 g/mol. The van der Waals surface area contributed by atoms with Gasteiger partial charge in [-0.3, -0.25) is 9.48 Å². The van der Waals surface area contributed by atoms with E-state index in [0.717, 1.165) is 18.5 Å². The van der Waals surface area contributed by atoms with E-state index in [0.29, 0.717) is 31.2 Å². The first kappa shape index (κ1) is 15.0. The zero-order chi connectivity index (χ0) is 14.9. The van der Waals surface area contributed by atoms with Crippen LogP contribution in [0.15, 0.2) is 6.07 Å². The van der Waals surface area contributed by atoms with Crippen LogP contribution in [0.3, 0.4) is 0 Å². The van der Waals surface area contributed by atoms with Crippen molar-refractivity contribution in [3.05, 3.63) is 17.5 Å². The molecule has 1 amide bonds. The summed E-state index contributed by atoms with van der Waals surface area (Å²) in [6, 6.07) is 1.88. The predicted molar refractivity (Wildman–Crippen MR) is 77.8 cm³/mol. The summed E-state index contributed by atoms with van der Waals surface area (Å²) in [7, 11) is 0. The van der Waals surface area contributed by atoms with Gasteiger partial charge in [-0.2, -0.15) is 5.10 Å². The molecular formula is C15H25N3O2. The third-order valence-electron chi connectivity index (χ3n) is 3.88. The molecule has 0 unspecified atom stereocenters. The minimum atomic E-state index is -0.678. The van der Waals surface area contributed by atoms with Gasteiger partial charge in [0.05, 0.1) is 24.4 Å². The van der Waals surface area contributed by atoms with E-state index in [9.17, 15) is 9.90 Å². The first-order chi connectivity index (χ1) is 9.40. The second-order valence-corrected chi connectivity index (χ2v) is 6.06. The summed E-state index contributed by atoms with van der Waals surface area (Å²) >= 11 is 0. The fourth-order valence-corrected chi connectivity index (χ4v) is 2.73. The van der Waals surface area contributed by atoms with Gasteiger partial charge in [-0.15, -0.1) is 0 Å². The number of rotatable bonds is 5. The Morgan fingerprint density at radius 3 is 2.60 bits per heavy atom. The molecule has 5 heteroatoms. The summed E-state index contributed by atoms with van der Waals surface area (Å²) in [6.07, 6.45) is 1.68. The number of amides is 1. The fraction of sp³-hybridized carbons (Fsp3) is 0.733. The zero-order valence-corrected chi connectivity index (χ0v) is 12.9. The lowest BCUT2D eigenvalue weighted by Crippen LogP contribution is -2.63. The molecule has 1 N–H and O–H groups in total. The maximum absolute atomic E-state index is 12.5. The topological polar surface area (TPSA) is 58.4 Å². The van der Waals surface area contributed by atoms with E-state index >= 15 is 0 Å². The number of hydrogen-bond donors (Lipinski definition) is 1. The molecule has 0 radical (unpaired) electrons. The van der Waals surface area contributed by atoms with Gasteiger partial charge in [0.25, 0.3) is 5.91 Å². The molecule has 1 aliphatic heterocycles. The molecule has 2 heterocycles. The lowest BCUT2D eigenvalue weighted by Gasteiger charge is -2.46. The maximum Gasteiger partial charge on any atom is 0.272 e. The molecule has 112 valence electrons. The molecule has 1 fully saturated rings. The number of carbonyl (C=O) groups excluding carboxylic acids is 1. The molecule has 1 aromatic rings. The molecule has 0 aliphatic carbocycles. The normalized spacial score (nSPS) is 17.4. The molecule has 0 saturated carbocycles. The van der Waals surface area contributed by atoms with Crippen LogP contribution in [0.2, 0.25) is 0 Å². The average Bonchev–Trinajstić information content (AvgIpc) is 2.79. The summed E-state index contributed by atoms with van der Waals surface area (Å²) in [4.78, 5) is 14.2. The SMILES string of the molecule is CCCC1(O)CN(C(=O)c2cc(C(C)C)nn2CC)C1. The van der Waals surface area contributed by atoms with Crippen molar-refractivity contribution >= 4 is 5.91 Å². The molecule has 1 saturated heterocycles. The third kappa shape index (κ3) is 2.73. The van der Waals surface area contributed by atoms with Gasteiger partial charge in [-0.1, -0.05) is 27.2 Å². The van der Waals surface area contributed by atoms with Gasteiger partial charge in [-0.05, 0) is 25.3 Å². The highest BCUT2D eigenvalue weighted by molar-refractivity contribution is 5.93. The lowest BCUT2D eigenvalue weighted by atomic mass is 9.89. The molecule has 1 aliphatic rings. The number of carbonyl (C=O) groups is 1. The second-order valence-electron chi connectivity index (χ2n) is 6.06. The van der Waals surface area contributed by atoms with Crippen molar-refractivity contribution in [1.29, 1.82) is 0 Å². The van der Waals surface area contributed by atoms with Crippen LogP contribution in [-0.2, 0) is 6.54 Å². The van der Waals surface area contributed by atoms with Gasteiger partial charge in [0.2, 0.25) is 0 Å². The number of aromatic nitrogens is 2. The van der Waals surface area contributed by atoms with Crippen molar-refractivity contribution in [3.63, 3.8) is 0 Å². The minimum Gasteiger partial charge on any atom is -0.386 e. The van der Waals surface area contributed by atoms with Crippen LogP contribution in [0.25, 0.3) is 0 Å². The van der Waals surface area contributed by atoms with Crippen LogP contribution in [0.4, 0.5) is 0 Å². The number of aryl methyl sites for hydroxylation is 1. The first-order valence-electron chi connectivity index (χ1n) is 7.49. The average molecular weight is 279 g/mol. The number of nitrogens with zero attached hydrogens (tertiary/aromatic N) is 3. The zero-order valence-electron chi connectivity index (χ0n) is 12.9. The lowest BCUT2D eigenvalue weighted by molar-refractivity contribution is -0.0863. The second kappa shape index (κ2) is 5.56. The third-order valence-corrected chi connectivity index (χ3v) is 3.88. The van der Waals surface area contributed by atoms with Crippen LogP contribution in [0, 0.1) is 0 Å². The summed E-state index contributed by atoms with van der Waals surface area (Å²) in [6.45, 7) is 9.72. The molecule has 1 aromatic heterocycles. The summed E-state index contributed by atoms with van der Waals surface area (Å²) in [5.74, 6) is 0.287. The number of β-amino-alcohol motifs (C(OH)–C–C–N with tert-alkyl or cyclic N) is 1. The van der Waals surface area contributed by atoms with Crippen LogP contribution >= 0.6 is 0 Å². The number of likely N-dealkylation sites (tertiary alicyclic amines) is 1. The Balaban J connectivity index is 2.11. The van der Waals surface area contributed by atoms with E-state index in [2.05, 4.69) is 18.9 Å². The van der Waals surface area contributed by atoms with Crippen LogP contribution < -0.4 is 0 Å². The molecule has 0 bridgehead atoms. The standard InChI is InChI=1S/C15H25N3O2/c1-5-7-15(20)9-17(10-15)14(19)13-8-12(11(3)4)16-18(13)6-2/h8,11,20H,5-7,9-10H2,1-4H3. The highest BCUT2D eigenvalue weighted by Gasteiger charge is 2.43. The molecule has 0 atom stereocenters. The molecule has 2 rings (SSSR count). The Hall–Kier alpha value is -1.36. The van der Waals surface area contributed by atoms with Crippen molar-refractivity contribution in [2.45, 2.75) is 58.6 Å². The molecule has 5 nitrogen and oxygen atoms in total. The van der Waals surface area contributed by atoms with Gasteiger partial charge in [0.1, 0.15) is 5.69 Å². The van der Waals surface area contributed by atoms with Gasteiger partial charge < -0.3 is 10.0 Å². The van der Waals surface area contributed by atoms with Crippen molar-refractivity contribution < 1.29 is 9.90 Å². The summed E-state index contributed by atoms with van der Waals surface area (Å²) in [5.41, 5.74) is 0.900. The Labute approximate surface area is 120 Å². The van der Waals surface area contributed by atoms with Crippen LogP contribution in [0.1, 0.15) is 62.6 Å². The smallest absolute Gasteiger partial charge is 0.272 e. The highest BCUT2D eigenvalue weighted by atomic mass is 16.3. The minimum absolute atomic E-state index is 0.0213.